The number of nitrogens with one attached hydrogen (secondary N) is 1. The van der Waals surface area contributed by atoms with Gasteiger partial charge in [-0.3, -0.25) is 4.79 Å². The Labute approximate surface area is 125 Å². The van der Waals surface area contributed by atoms with Crippen LogP contribution in [-0.4, -0.2) is 25.5 Å². The van der Waals surface area contributed by atoms with Gasteiger partial charge < -0.3 is 16.0 Å². The summed E-state index contributed by atoms with van der Waals surface area (Å²) in [5, 5.41) is 3.27. The number of amides is 1. The Balaban J connectivity index is 2.06. The molecule has 1 aromatic carbocycles. The molecule has 5 heteroatoms. The quantitative estimate of drug-likeness (QED) is 0.875. The Morgan fingerprint density at radius 1 is 1.48 bits per heavy atom. The van der Waals surface area contributed by atoms with E-state index in [0.29, 0.717) is 31.6 Å². The van der Waals surface area contributed by atoms with Gasteiger partial charge in [-0.25, -0.2) is 4.39 Å². The van der Waals surface area contributed by atoms with Crippen LogP contribution < -0.4 is 16.0 Å². The van der Waals surface area contributed by atoms with Gasteiger partial charge in [0, 0.05) is 25.0 Å². The number of halogens is 1. The van der Waals surface area contributed by atoms with Crippen molar-refractivity contribution in [2.75, 3.05) is 24.5 Å². The molecule has 1 unspecified atom stereocenters. The van der Waals surface area contributed by atoms with Crippen LogP contribution in [0.4, 0.5) is 10.1 Å². The first kappa shape index (κ1) is 15.8. The SMILES string of the molecule is CCNC(C)c1ccc(N2CCC(C(N)=O)CC2)c(F)c1. The van der Waals surface area contributed by atoms with E-state index in [1.165, 1.54) is 0 Å². The van der Waals surface area contributed by atoms with E-state index >= 15 is 0 Å². The van der Waals surface area contributed by atoms with Crippen molar-refractivity contribution in [3.8, 4) is 0 Å². The lowest BCUT2D eigenvalue weighted by Gasteiger charge is -2.32. The van der Waals surface area contributed by atoms with Crippen LogP contribution in [0.15, 0.2) is 18.2 Å². The molecule has 3 N–H and O–H groups in total. The van der Waals surface area contributed by atoms with Crippen molar-refractivity contribution in [2.24, 2.45) is 11.7 Å². The molecule has 1 aliphatic rings. The van der Waals surface area contributed by atoms with Crippen molar-refractivity contribution < 1.29 is 9.18 Å². The Hall–Kier alpha value is -1.62. The molecule has 1 aliphatic heterocycles. The second kappa shape index (κ2) is 6.89. The van der Waals surface area contributed by atoms with Gasteiger partial charge in [0.05, 0.1) is 5.69 Å². The molecule has 0 saturated carbocycles. The number of nitrogens with zero attached hydrogens (tertiary/aromatic N) is 1. The van der Waals surface area contributed by atoms with E-state index in [1.54, 1.807) is 6.07 Å². The molecule has 0 aliphatic carbocycles. The van der Waals surface area contributed by atoms with Crippen molar-refractivity contribution in [2.45, 2.75) is 32.7 Å². The van der Waals surface area contributed by atoms with Crippen LogP contribution in [0.3, 0.4) is 0 Å². The molecule has 21 heavy (non-hydrogen) atoms. The first-order valence-corrected chi connectivity index (χ1v) is 7.60. The predicted molar refractivity (Wildman–Crippen MR) is 82.6 cm³/mol. The molecule has 1 heterocycles. The molecule has 116 valence electrons. The molecule has 0 bridgehead atoms. The zero-order valence-corrected chi connectivity index (χ0v) is 12.7. The summed E-state index contributed by atoms with van der Waals surface area (Å²) in [6.07, 6.45) is 1.40. The third-order valence-electron chi connectivity index (χ3n) is 4.22. The fourth-order valence-corrected chi connectivity index (χ4v) is 2.88. The van der Waals surface area contributed by atoms with E-state index in [4.69, 9.17) is 5.73 Å². The number of benzene rings is 1. The molecular formula is C16H24FN3O. The number of hydrogen-bond acceptors (Lipinski definition) is 3. The van der Waals surface area contributed by atoms with Gasteiger partial charge in [0.1, 0.15) is 5.82 Å². The number of piperidine rings is 1. The van der Waals surface area contributed by atoms with Crippen LogP contribution in [0.1, 0.15) is 38.3 Å². The smallest absolute Gasteiger partial charge is 0.220 e. The standard InChI is InChI=1S/C16H24FN3O/c1-3-19-11(2)13-4-5-15(14(17)10-13)20-8-6-12(7-9-20)16(18)21/h4-5,10-12,19H,3,6-9H2,1-2H3,(H2,18,21). The van der Waals surface area contributed by atoms with Gasteiger partial charge in [-0.15, -0.1) is 0 Å². The molecule has 0 spiro atoms. The average Bonchev–Trinajstić information content (AvgIpc) is 2.47. The molecule has 1 saturated heterocycles. The monoisotopic (exact) mass is 293 g/mol. The molecule has 1 amide bonds. The number of carbonyl (C=O) groups is 1. The Morgan fingerprint density at radius 2 is 2.14 bits per heavy atom. The second-order valence-corrected chi connectivity index (χ2v) is 5.65. The van der Waals surface area contributed by atoms with E-state index in [-0.39, 0.29) is 23.7 Å². The first-order chi connectivity index (χ1) is 10.0. The number of hydrogen-bond donors (Lipinski definition) is 2. The van der Waals surface area contributed by atoms with E-state index in [9.17, 15) is 9.18 Å². The lowest BCUT2D eigenvalue weighted by Crippen LogP contribution is -2.38. The van der Waals surface area contributed by atoms with Gasteiger partial charge >= 0.3 is 0 Å². The predicted octanol–water partition coefficient (Wildman–Crippen LogP) is 2.20. The van der Waals surface area contributed by atoms with Crippen molar-refractivity contribution in [3.63, 3.8) is 0 Å². The molecule has 1 fully saturated rings. The third-order valence-corrected chi connectivity index (χ3v) is 4.22. The second-order valence-electron chi connectivity index (χ2n) is 5.65. The average molecular weight is 293 g/mol. The number of primary amides is 1. The maximum Gasteiger partial charge on any atom is 0.220 e. The lowest BCUT2D eigenvalue weighted by molar-refractivity contribution is -0.122. The maximum absolute atomic E-state index is 14.3. The van der Waals surface area contributed by atoms with Crippen LogP contribution in [0.5, 0.6) is 0 Å². The summed E-state index contributed by atoms with van der Waals surface area (Å²) in [5.41, 5.74) is 6.89. The van der Waals surface area contributed by atoms with Gasteiger partial charge in [-0.05, 0) is 44.0 Å². The van der Waals surface area contributed by atoms with E-state index < -0.39 is 0 Å². The van der Waals surface area contributed by atoms with Gasteiger partial charge in [0.15, 0.2) is 0 Å². The topological polar surface area (TPSA) is 58.4 Å². The zero-order chi connectivity index (χ0) is 15.4. The molecule has 0 radical (unpaired) electrons. The van der Waals surface area contributed by atoms with Crippen molar-refractivity contribution in [3.05, 3.63) is 29.6 Å². The van der Waals surface area contributed by atoms with Crippen LogP contribution >= 0.6 is 0 Å². The highest BCUT2D eigenvalue weighted by Crippen LogP contribution is 2.27. The number of nitrogens with two attached hydrogens (primary N) is 1. The summed E-state index contributed by atoms with van der Waals surface area (Å²) in [6.45, 7) is 6.25. The number of carbonyl (C=O) groups excluding carboxylic acids is 1. The molecule has 0 aromatic heterocycles. The van der Waals surface area contributed by atoms with E-state index in [1.807, 2.05) is 30.9 Å². The van der Waals surface area contributed by atoms with Gasteiger partial charge in [0.2, 0.25) is 5.91 Å². The Morgan fingerprint density at radius 3 is 2.67 bits per heavy atom. The molecule has 2 rings (SSSR count). The summed E-state index contributed by atoms with van der Waals surface area (Å²) >= 11 is 0. The fraction of sp³-hybridized carbons (Fsp3) is 0.562. The van der Waals surface area contributed by atoms with Crippen LogP contribution in [0, 0.1) is 11.7 Å². The summed E-state index contributed by atoms with van der Waals surface area (Å²) in [5.74, 6) is -0.517. The molecule has 1 atom stereocenters. The lowest BCUT2D eigenvalue weighted by atomic mass is 9.95. The van der Waals surface area contributed by atoms with Crippen LogP contribution in [0.2, 0.25) is 0 Å². The summed E-state index contributed by atoms with van der Waals surface area (Å²) in [7, 11) is 0. The summed E-state index contributed by atoms with van der Waals surface area (Å²) in [4.78, 5) is 13.2. The highest BCUT2D eigenvalue weighted by atomic mass is 19.1. The van der Waals surface area contributed by atoms with Crippen molar-refractivity contribution in [1.29, 1.82) is 0 Å². The van der Waals surface area contributed by atoms with Gasteiger partial charge in [0.25, 0.3) is 0 Å². The molecule has 4 nitrogen and oxygen atoms in total. The highest BCUT2D eigenvalue weighted by Gasteiger charge is 2.24. The molecular weight excluding hydrogens is 269 g/mol. The van der Waals surface area contributed by atoms with Crippen LogP contribution in [-0.2, 0) is 4.79 Å². The minimum Gasteiger partial charge on any atom is -0.369 e. The summed E-state index contributed by atoms with van der Waals surface area (Å²) in [6, 6.07) is 5.54. The van der Waals surface area contributed by atoms with E-state index in [2.05, 4.69) is 5.32 Å². The van der Waals surface area contributed by atoms with Crippen LogP contribution in [0.25, 0.3) is 0 Å². The van der Waals surface area contributed by atoms with Crippen molar-refractivity contribution >= 4 is 11.6 Å². The Kier molecular flexibility index (Phi) is 5.17. The van der Waals surface area contributed by atoms with Gasteiger partial charge in [-0.2, -0.15) is 0 Å². The van der Waals surface area contributed by atoms with Crippen molar-refractivity contribution in [1.82, 2.24) is 5.32 Å². The minimum absolute atomic E-state index is 0.0719. The Bertz CT molecular complexity index is 498. The van der Waals surface area contributed by atoms with E-state index in [0.717, 1.165) is 12.1 Å². The largest absolute Gasteiger partial charge is 0.369 e. The number of rotatable bonds is 5. The maximum atomic E-state index is 14.3. The summed E-state index contributed by atoms with van der Waals surface area (Å²) < 4.78 is 14.3. The third kappa shape index (κ3) is 3.73. The fourth-order valence-electron chi connectivity index (χ4n) is 2.88. The zero-order valence-electron chi connectivity index (χ0n) is 12.7. The number of anilines is 1. The highest BCUT2D eigenvalue weighted by molar-refractivity contribution is 5.77. The minimum atomic E-state index is -0.245. The first-order valence-electron chi connectivity index (χ1n) is 7.60. The van der Waals surface area contributed by atoms with Gasteiger partial charge in [-0.1, -0.05) is 13.0 Å². The normalized spacial score (nSPS) is 17.8. The molecule has 1 aromatic rings.